The zero-order valence-electron chi connectivity index (χ0n) is 6.71. The van der Waals surface area contributed by atoms with Crippen LogP contribution in [0, 0.1) is 0 Å². The fourth-order valence-corrected chi connectivity index (χ4v) is 1.05. The first-order valence-electron chi connectivity index (χ1n) is 3.62. The molecule has 1 rings (SSSR count). The second-order valence-electron chi connectivity index (χ2n) is 2.38. The quantitative estimate of drug-likeness (QED) is 0.723. The summed E-state index contributed by atoms with van der Waals surface area (Å²) in [4.78, 5) is 14.1. The predicted octanol–water partition coefficient (Wildman–Crippen LogP) is 1.29. The second-order valence-corrected chi connectivity index (χ2v) is 2.38. The number of nitrogens with two attached hydrogens (primary N) is 1. The maximum absolute atomic E-state index is 12.4. The number of hydrogen-bond donors (Lipinski definition) is 1. The molecule has 0 amide bonds. The van der Waals surface area contributed by atoms with E-state index in [0.717, 1.165) is 0 Å². The van der Waals surface area contributed by atoms with Crippen molar-refractivity contribution in [3.05, 3.63) is 29.1 Å². The molecule has 0 radical (unpaired) electrons. The largest absolute Gasteiger partial charge is 0.325 e. The van der Waals surface area contributed by atoms with Crippen LogP contribution >= 0.6 is 0 Å². The molecule has 1 aromatic rings. The van der Waals surface area contributed by atoms with Crippen LogP contribution in [0.2, 0.25) is 0 Å². The molecule has 0 aromatic carbocycles. The van der Waals surface area contributed by atoms with Gasteiger partial charge >= 0.3 is 0 Å². The van der Waals surface area contributed by atoms with E-state index in [1.807, 2.05) is 0 Å². The molecular weight excluding hydrogens is 178 g/mol. The van der Waals surface area contributed by atoms with E-state index >= 15 is 0 Å². The summed E-state index contributed by atoms with van der Waals surface area (Å²) in [6, 6.07) is 1.24. The normalized spacial score (nSPS) is 10.5. The van der Waals surface area contributed by atoms with Gasteiger partial charge in [-0.3, -0.25) is 9.78 Å². The van der Waals surface area contributed by atoms with E-state index in [2.05, 4.69) is 4.98 Å². The summed E-state index contributed by atoms with van der Waals surface area (Å²) < 4.78 is 24.8. The minimum Gasteiger partial charge on any atom is -0.325 e. The summed E-state index contributed by atoms with van der Waals surface area (Å²) in [6.07, 6.45) is -1.05. The average Bonchev–Trinajstić information content (AvgIpc) is 2.16. The maximum Gasteiger partial charge on any atom is 0.266 e. The molecular formula is C8H8F2N2O. The summed E-state index contributed by atoms with van der Waals surface area (Å²) in [5.41, 5.74) is 4.86. The van der Waals surface area contributed by atoms with Crippen molar-refractivity contribution in [3.8, 4) is 0 Å². The van der Waals surface area contributed by atoms with Crippen LogP contribution in [0.15, 0.2) is 12.3 Å². The Morgan fingerprint density at radius 1 is 1.62 bits per heavy atom. The lowest BCUT2D eigenvalue weighted by atomic mass is 10.1. The molecule has 0 fully saturated rings. The molecule has 13 heavy (non-hydrogen) atoms. The monoisotopic (exact) mass is 186 g/mol. The molecule has 0 bridgehead atoms. The summed E-state index contributed by atoms with van der Waals surface area (Å²) in [7, 11) is 0. The molecule has 3 nitrogen and oxygen atoms in total. The van der Waals surface area contributed by atoms with Gasteiger partial charge in [-0.05, 0) is 6.07 Å². The van der Waals surface area contributed by atoms with Crippen molar-refractivity contribution in [2.24, 2.45) is 5.73 Å². The van der Waals surface area contributed by atoms with Gasteiger partial charge in [-0.1, -0.05) is 0 Å². The van der Waals surface area contributed by atoms with Crippen LogP contribution in [0.1, 0.15) is 28.0 Å². The minimum absolute atomic E-state index is 0.0505. The Morgan fingerprint density at radius 3 is 2.77 bits per heavy atom. The standard InChI is InChI=1S/C8H8F2N2O/c9-8(10)7-5(4-13)1-2-12-6(7)3-11/h1-2,4,8H,3,11H2. The number of aldehydes is 1. The molecule has 0 atom stereocenters. The van der Waals surface area contributed by atoms with Crippen molar-refractivity contribution in [2.75, 3.05) is 0 Å². The number of pyridine rings is 1. The van der Waals surface area contributed by atoms with Gasteiger partial charge in [-0.25, -0.2) is 8.78 Å². The zero-order valence-corrected chi connectivity index (χ0v) is 6.71. The van der Waals surface area contributed by atoms with E-state index in [1.54, 1.807) is 0 Å². The molecule has 70 valence electrons. The lowest BCUT2D eigenvalue weighted by molar-refractivity contribution is 0.110. The van der Waals surface area contributed by atoms with Crippen molar-refractivity contribution >= 4 is 6.29 Å². The molecule has 5 heteroatoms. The minimum atomic E-state index is -2.72. The highest BCUT2D eigenvalue weighted by Gasteiger charge is 2.17. The molecule has 0 aliphatic carbocycles. The Morgan fingerprint density at radius 2 is 2.31 bits per heavy atom. The van der Waals surface area contributed by atoms with Crippen LogP contribution in [0.3, 0.4) is 0 Å². The first kappa shape index (κ1) is 9.73. The van der Waals surface area contributed by atoms with Gasteiger partial charge in [-0.15, -0.1) is 0 Å². The zero-order chi connectivity index (χ0) is 9.84. The number of carbonyl (C=O) groups excluding carboxylic acids is 1. The smallest absolute Gasteiger partial charge is 0.266 e. The summed E-state index contributed by atoms with van der Waals surface area (Å²) in [5, 5.41) is 0. The van der Waals surface area contributed by atoms with Gasteiger partial charge in [0.05, 0.1) is 11.3 Å². The first-order chi connectivity index (χ1) is 6.20. The van der Waals surface area contributed by atoms with Crippen molar-refractivity contribution in [2.45, 2.75) is 13.0 Å². The number of carbonyl (C=O) groups is 1. The SMILES string of the molecule is NCc1nccc(C=O)c1C(F)F. The Bertz CT molecular complexity index is 315. The number of hydrogen-bond acceptors (Lipinski definition) is 3. The lowest BCUT2D eigenvalue weighted by Crippen LogP contribution is -2.07. The van der Waals surface area contributed by atoms with E-state index < -0.39 is 6.43 Å². The highest BCUT2D eigenvalue weighted by atomic mass is 19.3. The maximum atomic E-state index is 12.4. The highest BCUT2D eigenvalue weighted by molar-refractivity contribution is 5.77. The number of aromatic nitrogens is 1. The third-order valence-electron chi connectivity index (χ3n) is 1.64. The third-order valence-corrected chi connectivity index (χ3v) is 1.64. The Kier molecular flexibility index (Phi) is 3.02. The molecule has 1 heterocycles. The average molecular weight is 186 g/mol. The predicted molar refractivity (Wildman–Crippen MR) is 42.5 cm³/mol. The van der Waals surface area contributed by atoms with Crippen molar-refractivity contribution in [3.63, 3.8) is 0 Å². The van der Waals surface area contributed by atoms with E-state index in [-0.39, 0.29) is 23.4 Å². The summed E-state index contributed by atoms with van der Waals surface area (Å²) >= 11 is 0. The van der Waals surface area contributed by atoms with E-state index in [9.17, 15) is 13.6 Å². The molecule has 1 aromatic heterocycles. The van der Waals surface area contributed by atoms with Crippen LogP contribution in [-0.2, 0) is 6.54 Å². The molecule has 0 saturated heterocycles. The van der Waals surface area contributed by atoms with Gasteiger partial charge in [-0.2, -0.15) is 0 Å². The lowest BCUT2D eigenvalue weighted by Gasteiger charge is -2.07. The Balaban J connectivity index is 3.29. The van der Waals surface area contributed by atoms with Gasteiger partial charge in [0.2, 0.25) is 0 Å². The van der Waals surface area contributed by atoms with E-state index in [1.165, 1.54) is 12.3 Å². The van der Waals surface area contributed by atoms with Crippen molar-refractivity contribution in [1.82, 2.24) is 4.98 Å². The van der Waals surface area contributed by atoms with E-state index in [4.69, 9.17) is 5.73 Å². The third kappa shape index (κ3) is 1.86. The first-order valence-corrected chi connectivity index (χ1v) is 3.62. The topological polar surface area (TPSA) is 56.0 Å². The van der Waals surface area contributed by atoms with Gasteiger partial charge < -0.3 is 5.73 Å². The number of nitrogens with zero attached hydrogens (tertiary/aromatic N) is 1. The fourth-order valence-electron chi connectivity index (χ4n) is 1.05. The van der Waals surface area contributed by atoms with Crippen LogP contribution in [-0.4, -0.2) is 11.3 Å². The molecule has 0 saturated carbocycles. The van der Waals surface area contributed by atoms with Gasteiger partial charge in [0.15, 0.2) is 6.29 Å². The fraction of sp³-hybridized carbons (Fsp3) is 0.250. The molecule has 0 unspecified atom stereocenters. The molecule has 0 spiro atoms. The van der Waals surface area contributed by atoms with Crippen LogP contribution in [0.5, 0.6) is 0 Å². The number of rotatable bonds is 3. The Labute approximate surface area is 73.6 Å². The Hall–Kier alpha value is -1.36. The number of alkyl halides is 2. The highest BCUT2D eigenvalue weighted by Crippen LogP contribution is 2.24. The van der Waals surface area contributed by atoms with Crippen molar-refractivity contribution in [1.29, 1.82) is 0 Å². The van der Waals surface area contributed by atoms with Gasteiger partial charge in [0.25, 0.3) is 6.43 Å². The summed E-state index contributed by atoms with van der Waals surface area (Å²) in [5.74, 6) is 0. The van der Waals surface area contributed by atoms with E-state index in [0.29, 0.717) is 6.29 Å². The van der Waals surface area contributed by atoms with Crippen LogP contribution in [0.25, 0.3) is 0 Å². The summed E-state index contributed by atoms with van der Waals surface area (Å²) in [6.45, 7) is -0.0959. The van der Waals surface area contributed by atoms with Crippen LogP contribution < -0.4 is 5.73 Å². The van der Waals surface area contributed by atoms with Gasteiger partial charge in [0, 0.05) is 18.3 Å². The molecule has 2 N–H and O–H groups in total. The second kappa shape index (κ2) is 4.04. The van der Waals surface area contributed by atoms with Crippen LogP contribution in [0.4, 0.5) is 8.78 Å². The molecule has 0 aliphatic rings. The number of halogens is 2. The van der Waals surface area contributed by atoms with Gasteiger partial charge in [0.1, 0.15) is 0 Å². The molecule has 0 aliphatic heterocycles. The van der Waals surface area contributed by atoms with Crippen molar-refractivity contribution < 1.29 is 13.6 Å².